The topological polar surface area (TPSA) is 55.9 Å². The Morgan fingerprint density at radius 1 is 0.697 bits per heavy atom. The van der Waals surface area contributed by atoms with Crippen molar-refractivity contribution in [2.24, 2.45) is 0 Å². The van der Waals surface area contributed by atoms with Gasteiger partial charge in [-0.05, 0) is 70.0 Å². The lowest BCUT2D eigenvalue weighted by molar-refractivity contribution is -0.137. The molecule has 1 aromatic rings. The largest absolute Gasteiger partial charge is 0.340 e. The van der Waals surface area contributed by atoms with Crippen molar-refractivity contribution in [2.75, 3.05) is 39.3 Å². The lowest BCUT2D eigenvalue weighted by Crippen LogP contribution is -2.48. The molecule has 2 amide bonds. The van der Waals surface area contributed by atoms with Crippen molar-refractivity contribution in [2.45, 2.75) is 82.8 Å². The molecule has 4 aliphatic heterocycles. The summed E-state index contributed by atoms with van der Waals surface area (Å²) in [7, 11) is 0. The second-order valence-electron chi connectivity index (χ2n) is 10.1. The van der Waals surface area contributed by atoms with Crippen molar-refractivity contribution in [1.82, 2.24) is 20.0 Å². The van der Waals surface area contributed by atoms with Gasteiger partial charge in [-0.2, -0.15) is 0 Å². The molecule has 0 bridgehead atoms. The van der Waals surface area contributed by atoms with Gasteiger partial charge in [-0.15, -0.1) is 0 Å². The van der Waals surface area contributed by atoms with Gasteiger partial charge in [0.2, 0.25) is 11.8 Å². The highest BCUT2D eigenvalue weighted by molar-refractivity contribution is 5.77. The quantitative estimate of drug-likeness (QED) is 0.758. The van der Waals surface area contributed by atoms with E-state index >= 15 is 0 Å². The molecule has 0 aliphatic carbocycles. The minimum absolute atomic E-state index is 0.387. The van der Waals surface area contributed by atoms with Gasteiger partial charge in [0.25, 0.3) is 0 Å². The molecule has 4 aliphatic rings. The predicted octanol–water partition coefficient (Wildman–Crippen LogP) is 3.41. The summed E-state index contributed by atoms with van der Waals surface area (Å²) in [5, 5.41) is 3.33. The highest BCUT2D eigenvalue weighted by Gasteiger charge is 2.29. The van der Waals surface area contributed by atoms with Gasteiger partial charge in [-0.3, -0.25) is 14.5 Å². The van der Waals surface area contributed by atoms with Crippen LogP contribution in [0.15, 0.2) is 30.3 Å². The predicted molar refractivity (Wildman–Crippen MR) is 132 cm³/mol. The Morgan fingerprint density at radius 3 is 1.79 bits per heavy atom. The molecule has 0 spiro atoms. The number of nitrogens with zero attached hydrogens (tertiary/aromatic N) is 3. The highest BCUT2D eigenvalue weighted by Crippen LogP contribution is 2.23. The lowest BCUT2D eigenvalue weighted by atomic mass is 9.99. The Morgan fingerprint density at radius 2 is 1.24 bits per heavy atom. The summed E-state index contributed by atoms with van der Waals surface area (Å²) in [6.07, 6.45) is 10.7. The number of piperidine rings is 4. The van der Waals surface area contributed by atoms with Crippen LogP contribution in [-0.4, -0.2) is 77.9 Å². The zero-order valence-electron chi connectivity index (χ0n) is 20.2. The van der Waals surface area contributed by atoms with E-state index in [2.05, 4.69) is 50.3 Å². The molecule has 0 aromatic heterocycles. The van der Waals surface area contributed by atoms with Gasteiger partial charge in [-0.25, -0.2) is 0 Å². The fraction of sp³-hybridized carbons (Fsp3) is 0.704. The van der Waals surface area contributed by atoms with Crippen LogP contribution in [0.5, 0.6) is 0 Å². The average Bonchev–Trinajstić information content (AvgIpc) is 2.87. The monoisotopic (exact) mass is 454 g/mol. The van der Waals surface area contributed by atoms with Gasteiger partial charge in [-0.1, -0.05) is 30.3 Å². The number of benzene rings is 1. The van der Waals surface area contributed by atoms with Crippen molar-refractivity contribution in [3.63, 3.8) is 0 Å². The number of nitrogens with one attached hydrogen (secondary N) is 1. The van der Waals surface area contributed by atoms with Gasteiger partial charge < -0.3 is 15.1 Å². The smallest absolute Gasteiger partial charge is 0.222 e. The van der Waals surface area contributed by atoms with E-state index in [0.29, 0.717) is 23.9 Å². The van der Waals surface area contributed by atoms with E-state index in [-0.39, 0.29) is 0 Å². The van der Waals surface area contributed by atoms with Crippen molar-refractivity contribution in [3.05, 3.63) is 35.9 Å². The summed E-state index contributed by atoms with van der Waals surface area (Å²) in [6.45, 7) is 7.42. The summed E-state index contributed by atoms with van der Waals surface area (Å²) >= 11 is 0. The van der Waals surface area contributed by atoms with E-state index in [1.54, 1.807) is 0 Å². The maximum Gasteiger partial charge on any atom is 0.222 e. The first-order chi connectivity index (χ1) is 16.2. The minimum atomic E-state index is 0.387. The fourth-order valence-electron chi connectivity index (χ4n) is 5.77. The van der Waals surface area contributed by atoms with Crippen molar-refractivity contribution < 1.29 is 9.59 Å². The molecule has 1 N–H and O–H groups in total. The Hall–Kier alpha value is -1.92. The van der Waals surface area contributed by atoms with E-state index in [4.69, 9.17) is 0 Å². The Bertz CT molecular complexity index is 742. The standard InChI is InChI=1S/C17H24N2O.C10H18N2O/c20-17-8-4-5-11-19(17)16-9-12-18(13-10-16)14-15-6-2-1-3-7-15;13-10-3-1-2-8-12(10)9-4-6-11-7-5-9/h1-3,6-7,16H,4-5,8-14H2;9,11H,1-8H2. The molecular weight excluding hydrogens is 412 g/mol. The van der Waals surface area contributed by atoms with Crippen LogP contribution in [0.4, 0.5) is 0 Å². The van der Waals surface area contributed by atoms with E-state index in [1.807, 2.05) is 0 Å². The number of carbonyl (C=O) groups excluding carboxylic acids is 2. The molecule has 0 radical (unpaired) electrons. The molecule has 4 heterocycles. The molecule has 4 fully saturated rings. The van der Waals surface area contributed by atoms with Crippen LogP contribution in [0.25, 0.3) is 0 Å². The van der Waals surface area contributed by atoms with Crippen LogP contribution >= 0.6 is 0 Å². The van der Waals surface area contributed by atoms with Crippen molar-refractivity contribution >= 4 is 11.8 Å². The average molecular weight is 455 g/mol. The van der Waals surface area contributed by atoms with E-state index < -0.39 is 0 Å². The van der Waals surface area contributed by atoms with Gasteiger partial charge in [0.1, 0.15) is 0 Å². The number of hydrogen-bond acceptors (Lipinski definition) is 4. The van der Waals surface area contributed by atoms with Crippen molar-refractivity contribution in [3.8, 4) is 0 Å². The summed E-state index contributed by atoms with van der Waals surface area (Å²) in [4.78, 5) is 30.4. The first-order valence-corrected chi connectivity index (χ1v) is 13.3. The first-order valence-electron chi connectivity index (χ1n) is 13.3. The maximum atomic E-state index is 12.0. The third kappa shape index (κ3) is 7.03. The molecule has 1 aromatic carbocycles. The summed E-state index contributed by atoms with van der Waals surface area (Å²) in [5.74, 6) is 0.774. The first kappa shape index (κ1) is 24.2. The number of carbonyl (C=O) groups is 2. The Labute approximate surface area is 199 Å². The van der Waals surface area contributed by atoms with Gasteiger partial charge in [0.05, 0.1) is 0 Å². The lowest BCUT2D eigenvalue weighted by Gasteiger charge is -2.40. The zero-order valence-corrected chi connectivity index (χ0v) is 20.2. The molecular formula is C27H42N4O2. The number of likely N-dealkylation sites (tertiary alicyclic amines) is 3. The second kappa shape index (κ2) is 12.5. The van der Waals surface area contributed by atoms with Crippen LogP contribution in [0.3, 0.4) is 0 Å². The van der Waals surface area contributed by atoms with E-state index in [1.165, 1.54) is 18.4 Å². The molecule has 4 saturated heterocycles. The molecule has 0 atom stereocenters. The normalized spacial score (nSPS) is 23.9. The van der Waals surface area contributed by atoms with Gasteiger partial charge in [0.15, 0.2) is 0 Å². The maximum absolute atomic E-state index is 12.0. The summed E-state index contributed by atoms with van der Waals surface area (Å²) in [6, 6.07) is 11.7. The number of rotatable bonds is 4. The molecule has 0 unspecified atom stereocenters. The molecule has 6 nitrogen and oxygen atoms in total. The fourth-order valence-corrected chi connectivity index (χ4v) is 5.77. The van der Waals surface area contributed by atoms with E-state index in [0.717, 1.165) is 97.2 Å². The Kier molecular flexibility index (Phi) is 9.18. The van der Waals surface area contributed by atoms with Crippen LogP contribution in [0, 0.1) is 0 Å². The molecule has 5 rings (SSSR count). The third-order valence-electron chi connectivity index (χ3n) is 7.72. The third-order valence-corrected chi connectivity index (χ3v) is 7.72. The van der Waals surface area contributed by atoms with Gasteiger partial charge >= 0.3 is 0 Å². The number of hydrogen-bond donors (Lipinski definition) is 1. The minimum Gasteiger partial charge on any atom is -0.340 e. The summed E-state index contributed by atoms with van der Waals surface area (Å²) in [5.41, 5.74) is 1.39. The highest BCUT2D eigenvalue weighted by atomic mass is 16.2. The molecule has 182 valence electrons. The van der Waals surface area contributed by atoms with Crippen LogP contribution in [-0.2, 0) is 16.1 Å². The van der Waals surface area contributed by atoms with Crippen molar-refractivity contribution in [1.29, 1.82) is 0 Å². The molecule has 6 heteroatoms. The second-order valence-corrected chi connectivity index (χ2v) is 10.1. The molecule has 0 saturated carbocycles. The van der Waals surface area contributed by atoms with Gasteiger partial charge in [0, 0.05) is 57.6 Å². The van der Waals surface area contributed by atoms with Crippen LogP contribution in [0.1, 0.15) is 69.8 Å². The van der Waals surface area contributed by atoms with Crippen LogP contribution < -0.4 is 5.32 Å². The zero-order chi connectivity index (χ0) is 22.9. The van der Waals surface area contributed by atoms with E-state index in [9.17, 15) is 9.59 Å². The number of amides is 2. The molecule has 33 heavy (non-hydrogen) atoms. The SMILES string of the molecule is O=C1CCCCN1C1CCN(Cc2ccccc2)CC1.O=C1CCCCN1C1CCNCC1. The Balaban J connectivity index is 0.000000172. The summed E-state index contributed by atoms with van der Waals surface area (Å²) < 4.78 is 0. The van der Waals surface area contributed by atoms with Crippen LogP contribution in [0.2, 0.25) is 0 Å².